The lowest BCUT2D eigenvalue weighted by Crippen LogP contribution is -2.34. The van der Waals surface area contributed by atoms with Gasteiger partial charge >= 0.3 is 0 Å². The van der Waals surface area contributed by atoms with Gasteiger partial charge in [0.1, 0.15) is 0 Å². The van der Waals surface area contributed by atoms with Gasteiger partial charge in [0.15, 0.2) is 10.9 Å². The van der Waals surface area contributed by atoms with Gasteiger partial charge in [-0.05, 0) is 33.2 Å². The van der Waals surface area contributed by atoms with Crippen LogP contribution in [0.3, 0.4) is 0 Å². The number of aromatic nitrogens is 5. The first kappa shape index (κ1) is 17.1. The highest BCUT2D eigenvalue weighted by Gasteiger charge is 2.25. The Balaban J connectivity index is 1.51. The highest BCUT2D eigenvalue weighted by atomic mass is 32.1. The number of aromatic amines is 1. The standard InChI is InChI=1S/C18H23N7S/c1-12-13(2)26-18(23-12)24-17-16(20-5-6-21-17)14-4-3-7-25(9-14)10-15-8-19-11-22-15/h5-6,8,11,14H,3-4,7,9-10H2,1-2H3,(H,19,22)(H,21,23,24)/t14-/m1/s1. The van der Waals surface area contributed by atoms with Crippen LogP contribution in [0.5, 0.6) is 0 Å². The molecule has 1 atom stereocenters. The van der Waals surface area contributed by atoms with Crippen LogP contribution in [0.2, 0.25) is 0 Å². The summed E-state index contributed by atoms with van der Waals surface area (Å²) in [7, 11) is 0. The molecule has 3 aromatic heterocycles. The van der Waals surface area contributed by atoms with E-state index in [2.05, 4.69) is 42.1 Å². The maximum absolute atomic E-state index is 4.66. The molecule has 3 aromatic rings. The summed E-state index contributed by atoms with van der Waals surface area (Å²) < 4.78 is 0. The van der Waals surface area contributed by atoms with Crippen LogP contribution in [-0.2, 0) is 6.54 Å². The Bertz CT molecular complexity index is 839. The number of H-pyrrole nitrogens is 1. The Morgan fingerprint density at radius 1 is 1.31 bits per heavy atom. The molecule has 4 rings (SSSR count). The quantitative estimate of drug-likeness (QED) is 0.717. The zero-order valence-electron chi connectivity index (χ0n) is 15.1. The summed E-state index contributed by atoms with van der Waals surface area (Å²) in [6.07, 6.45) is 9.44. The summed E-state index contributed by atoms with van der Waals surface area (Å²) in [4.78, 5) is 24.8. The highest BCUT2D eigenvalue weighted by molar-refractivity contribution is 7.15. The normalized spacial score (nSPS) is 18.2. The van der Waals surface area contributed by atoms with Crippen molar-refractivity contribution in [2.45, 2.75) is 39.2 Å². The Labute approximate surface area is 156 Å². The molecule has 0 aliphatic carbocycles. The molecule has 0 aromatic carbocycles. The zero-order valence-corrected chi connectivity index (χ0v) is 15.9. The smallest absolute Gasteiger partial charge is 0.188 e. The van der Waals surface area contributed by atoms with Crippen molar-refractivity contribution in [2.75, 3.05) is 18.4 Å². The van der Waals surface area contributed by atoms with Crippen LogP contribution in [0.4, 0.5) is 10.9 Å². The largest absolute Gasteiger partial charge is 0.347 e. The number of thiazole rings is 1. The van der Waals surface area contributed by atoms with Gasteiger partial charge in [-0.3, -0.25) is 9.88 Å². The minimum atomic E-state index is 0.366. The third-order valence-corrected chi connectivity index (χ3v) is 5.81. The van der Waals surface area contributed by atoms with Gasteiger partial charge in [0.05, 0.1) is 17.7 Å². The molecule has 136 valence electrons. The third-order valence-electron chi connectivity index (χ3n) is 4.82. The maximum atomic E-state index is 4.66. The summed E-state index contributed by atoms with van der Waals surface area (Å²) in [6, 6.07) is 0. The SMILES string of the molecule is Cc1nc(Nc2nccnc2[C@@H]2CCCN(Cc3cnc[nH]3)C2)sc1C. The van der Waals surface area contributed by atoms with Crippen LogP contribution in [0.15, 0.2) is 24.9 Å². The molecule has 0 spiro atoms. The van der Waals surface area contributed by atoms with E-state index in [0.717, 1.165) is 60.5 Å². The summed E-state index contributed by atoms with van der Waals surface area (Å²) in [5.41, 5.74) is 3.25. The van der Waals surface area contributed by atoms with E-state index in [1.165, 1.54) is 4.88 Å². The van der Waals surface area contributed by atoms with E-state index in [-0.39, 0.29) is 0 Å². The fourth-order valence-electron chi connectivity index (χ4n) is 3.41. The molecule has 0 amide bonds. The first-order valence-electron chi connectivity index (χ1n) is 8.90. The van der Waals surface area contributed by atoms with Crippen molar-refractivity contribution in [3.8, 4) is 0 Å². The van der Waals surface area contributed by atoms with Crippen molar-refractivity contribution in [3.63, 3.8) is 0 Å². The lowest BCUT2D eigenvalue weighted by molar-refractivity contribution is 0.197. The third kappa shape index (κ3) is 3.76. The topological polar surface area (TPSA) is 82.6 Å². The maximum Gasteiger partial charge on any atom is 0.188 e. The molecule has 0 saturated carbocycles. The van der Waals surface area contributed by atoms with Crippen LogP contribution < -0.4 is 5.32 Å². The minimum absolute atomic E-state index is 0.366. The monoisotopic (exact) mass is 369 g/mol. The molecular formula is C18H23N7S. The van der Waals surface area contributed by atoms with Gasteiger partial charge in [-0.25, -0.2) is 15.0 Å². The van der Waals surface area contributed by atoms with Crippen molar-refractivity contribution in [1.29, 1.82) is 0 Å². The molecular weight excluding hydrogens is 346 g/mol. The predicted octanol–water partition coefficient (Wildman–Crippen LogP) is 3.40. The molecule has 1 aliphatic rings. The molecule has 1 saturated heterocycles. The van der Waals surface area contributed by atoms with E-state index in [4.69, 9.17) is 0 Å². The van der Waals surface area contributed by atoms with Crippen LogP contribution in [-0.4, -0.2) is 42.9 Å². The van der Waals surface area contributed by atoms with Crippen molar-refractivity contribution < 1.29 is 0 Å². The van der Waals surface area contributed by atoms with Gasteiger partial charge in [0, 0.05) is 48.2 Å². The Morgan fingerprint density at radius 2 is 2.19 bits per heavy atom. The lowest BCUT2D eigenvalue weighted by Gasteiger charge is -2.32. The van der Waals surface area contributed by atoms with Gasteiger partial charge in [0.2, 0.25) is 0 Å². The second-order valence-electron chi connectivity index (χ2n) is 6.73. The number of likely N-dealkylation sites (tertiary alicyclic amines) is 1. The number of nitrogens with zero attached hydrogens (tertiary/aromatic N) is 5. The van der Waals surface area contributed by atoms with Crippen molar-refractivity contribution in [3.05, 3.63) is 46.9 Å². The molecule has 8 heteroatoms. The molecule has 1 fully saturated rings. The van der Waals surface area contributed by atoms with E-state index in [1.54, 1.807) is 30.1 Å². The van der Waals surface area contributed by atoms with E-state index < -0.39 is 0 Å². The number of anilines is 2. The average molecular weight is 369 g/mol. The number of aryl methyl sites for hydroxylation is 2. The van der Waals surface area contributed by atoms with Crippen LogP contribution in [0.25, 0.3) is 0 Å². The molecule has 2 N–H and O–H groups in total. The molecule has 26 heavy (non-hydrogen) atoms. The second kappa shape index (κ2) is 7.51. The van der Waals surface area contributed by atoms with Crippen LogP contribution in [0.1, 0.15) is 40.7 Å². The van der Waals surface area contributed by atoms with Crippen molar-refractivity contribution in [1.82, 2.24) is 29.8 Å². The molecule has 0 bridgehead atoms. The minimum Gasteiger partial charge on any atom is -0.347 e. The van der Waals surface area contributed by atoms with Gasteiger partial charge in [-0.2, -0.15) is 0 Å². The van der Waals surface area contributed by atoms with E-state index in [0.29, 0.717) is 5.92 Å². The van der Waals surface area contributed by atoms with E-state index in [1.807, 2.05) is 13.1 Å². The Morgan fingerprint density at radius 3 is 2.96 bits per heavy atom. The highest BCUT2D eigenvalue weighted by Crippen LogP contribution is 2.32. The second-order valence-corrected chi connectivity index (χ2v) is 7.93. The van der Waals surface area contributed by atoms with Gasteiger partial charge < -0.3 is 10.3 Å². The number of rotatable bonds is 5. The van der Waals surface area contributed by atoms with Gasteiger partial charge in [-0.1, -0.05) is 0 Å². The number of imidazole rings is 1. The molecule has 7 nitrogen and oxygen atoms in total. The Kier molecular flexibility index (Phi) is 4.94. The fourth-order valence-corrected chi connectivity index (χ4v) is 4.22. The Hall–Kier alpha value is -2.32. The first-order valence-corrected chi connectivity index (χ1v) is 9.72. The number of hydrogen-bond donors (Lipinski definition) is 2. The van der Waals surface area contributed by atoms with Crippen molar-refractivity contribution >= 4 is 22.3 Å². The average Bonchev–Trinajstić information content (AvgIpc) is 3.26. The predicted molar refractivity (Wildman–Crippen MR) is 103 cm³/mol. The van der Waals surface area contributed by atoms with Crippen LogP contribution in [0, 0.1) is 13.8 Å². The molecule has 0 unspecified atom stereocenters. The fraction of sp³-hybridized carbons (Fsp3) is 0.444. The summed E-state index contributed by atoms with van der Waals surface area (Å²) in [5.74, 6) is 1.19. The molecule has 4 heterocycles. The van der Waals surface area contributed by atoms with Gasteiger partial charge in [0.25, 0.3) is 0 Å². The zero-order chi connectivity index (χ0) is 17.9. The van der Waals surface area contributed by atoms with Crippen molar-refractivity contribution in [2.24, 2.45) is 0 Å². The molecule has 0 radical (unpaired) electrons. The summed E-state index contributed by atoms with van der Waals surface area (Å²) in [6.45, 7) is 7.09. The van der Waals surface area contributed by atoms with Crippen LogP contribution >= 0.6 is 11.3 Å². The number of piperidine rings is 1. The van der Waals surface area contributed by atoms with E-state index in [9.17, 15) is 0 Å². The number of hydrogen-bond acceptors (Lipinski definition) is 7. The molecule has 1 aliphatic heterocycles. The number of nitrogens with one attached hydrogen (secondary N) is 2. The van der Waals surface area contributed by atoms with Gasteiger partial charge in [-0.15, -0.1) is 11.3 Å². The lowest BCUT2D eigenvalue weighted by atomic mass is 9.94. The summed E-state index contributed by atoms with van der Waals surface area (Å²) in [5, 5.41) is 4.27. The first-order chi connectivity index (χ1) is 12.7. The van der Waals surface area contributed by atoms with E-state index >= 15 is 0 Å². The summed E-state index contributed by atoms with van der Waals surface area (Å²) >= 11 is 1.66.